The molecule has 4 rings (SSSR count). The number of aryl methyl sites for hydroxylation is 1. The van der Waals surface area contributed by atoms with E-state index in [-0.39, 0.29) is 11.8 Å². The van der Waals surface area contributed by atoms with Crippen molar-refractivity contribution in [2.45, 2.75) is 25.7 Å². The number of amides is 1. The Kier molecular flexibility index (Phi) is 7.11. The Morgan fingerprint density at radius 1 is 1.03 bits per heavy atom. The summed E-state index contributed by atoms with van der Waals surface area (Å²) in [6, 6.07) is 19.9. The Balaban J connectivity index is 1.32. The van der Waals surface area contributed by atoms with Gasteiger partial charge in [0.25, 0.3) is 5.88 Å². The Morgan fingerprint density at radius 2 is 1.77 bits per heavy atom. The highest BCUT2D eigenvalue weighted by molar-refractivity contribution is 5.79. The lowest BCUT2D eigenvalue weighted by Gasteiger charge is -2.33. The minimum absolute atomic E-state index is 0.0583. The fourth-order valence-corrected chi connectivity index (χ4v) is 3.88. The Bertz CT molecular complexity index is 966. The summed E-state index contributed by atoms with van der Waals surface area (Å²) in [5, 5.41) is 3.12. The lowest BCUT2D eigenvalue weighted by Crippen LogP contribution is -2.43. The summed E-state index contributed by atoms with van der Waals surface area (Å²) < 4.78 is 5.96. The zero-order chi connectivity index (χ0) is 21.3. The molecule has 2 heterocycles. The van der Waals surface area contributed by atoms with Gasteiger partial charge in [0.05, 0.1) is 5.92 Å². The number of anilines is 1. The van der Waals surface area contributed by atoms with E-state index in [4.69, 9.17) is 4.74 Å². The molecule has 6 heteroatoms. The van der Waals surface area contributed by atoms with E-state index in [0.717, 1.165) is 32.2 Å². The first-order chi connectivity index (χ1) is 15.3. The van der Waals surface area contributed by atoms with E-state index < -0.39 is 0 Å². The molecule has 2 aromatic carbocycles. The lowest BCUT2D eigenvalue weighted by atomic mass is 9.97. The summed E-state index contributed by atoms with van der Waals surface area (Å²) in [5.41, 5.74) is 1.30. The zero-order valence-corrected chi connectivity index (χ0v) is 17.6. The molecule has 1 aromatic heterocycles. The number of hydrogen-bond donors (Lipinski definition) is 1. The second-order valence-electron chi connectivity index (χ2n) is 7.77. The van der Waals surface area contributed by atoms with Crippen molar-refractivity contribution < 1.29 is 9.53 Å². The highest BCUT2D eigenvalue weighted by Gasteiger charge is 2.28. The number of aromatic nitrogens is 2. The number of rotatable bonds is 8. The van der Waals surface area contributed by atoms with Gasteiger partial charge in [0.1, 0.15) is 5.75 Å². The molecule has 1 aliphatic heterocycles. The van der Waals surface area contributed by atoms with Crippen molar-refractivity contribution in [3.8, 4) is 11.6 Å². The second-order valence-corrected chi connectivity index (χ2v) is 7.77. The van der Waals surface area contributed by atoms with Gasteiger partial charge in [-0.05, 0) is 43.4 Å². The van der Waals surface area contributed by atoms with E-state index >= 15 is 0 Å². The quantitative estimate of drug-likeness (QED) is 0.557. The molecule has 1 atom stereocenters. The summed E-state index contributed by atoms with van der Waals surface area (Å²) in [5.74, 6) is 1.93. The van der Waals surface area contributed by atoms with Crippen molar-refractivity contribution in [2.24, 2.45) is 5.92 Å². The van der Waals surface area contributed by atoms with E-state index in [9.17, 15) is 4.79 Å². The van der Waals surface area contributed by atoms with Crippen LogP contribution in [0.15, 0.2) is 73.1 Å². The number of piperidine rings is 1. The molecule has 160 valence electrons. The molecule has 0 aliphatic carbocycles. The first-order valence-corrected chi connectivity index (χ1v) is 10.9. The Labute approximate surface area is 183 Å². The van der Waals surface area contributed by atoms with E-state index in [0.29, 0.717) is 30.5 Å². The van der Waals surface area contributed by atoms with Gasteiger partial charge in [-0.1, -0.05) is 48.5 Å². The first-order valence-electron chi connectivity index (χ1n) is 10.9. The van der Waals surface area contributed by atoms with Gasteiger partial charge in [0.15, 0.2) is 5.82 Å². The van der Waals surface area contributed by atoms with Crippen LogP contribution in [0.4, 0.5) is 5.82 Å². The summed E-state index contributed by atoms with van der Waals surface area (Å²) in [6.07, 6.45) is 7.02. The average Bonchev–Trinajstić information content (AvgIpc) is 2.83. The van der Waals surface area contributed by atoms with Gasteiger partial charge in [0.2, 0.25) is 5.91 Å². The van der Waals surface area contributed by atoms with E-state index in [1.165, 1.54) is 5.56 Å². The van der Waals surface area contributed by atoms with Crippen LogP contribution >= 0.6 is 0 Å². The van der Waals surface area contributed by atoms with E-state index in [2.05, 4.69) is 32.3 Å². The van der Waals surface area contributed by atoms with Gasteiger partial charge in [0, 0.05) is 32.0 Å². The van der Waals surface area contributed by atoms with Gasteiger partial charge in [-0.3, -0.25) is 4.79 Å². The fraction of sp³-hybridized carbons (Fsp3) is 0.320. The third-order valence-electron chi connectivity index (χ3n) is 5.48. The largest absolute Gasteiger partial charge is 0.436 e. The van der Waals surface area contributed by atoms with Gasteiger partial charge in [-0.25, -0.2) is 9.97 Å². The fourth-order valence-electron chi connectivity index (χ4n) is 3.88. The number of hydrogen-bond acceptors (Lipinski definition) is 5. The van der Waals surface area contributed by atoms with Gasteiger partial charge >= 0.3 is 0 Å². The molecule has 0 spiro atoms. The summed E-state index contributed by atoms with van der Waals surface area (Å²) >= 11 is 0. The Hall–Kier alpha value is -3.41. The molecule has 6 nitrogen and oxygen atoms in total. The molecule has 1 N–H and O–H groups in total. The van der Waals surface area contributed by atoms with Crippen molar-refractivity contribution in [1.82, 2.24) is 15.3 Å². The normalized spacial score (nSPS) is 16.0. The van der Waals surface area contributed by atoms with Crippen LogP contribution in [0.1, 0.15) is 24.8 Å². The number of carbonyl (C=O) groups excluding carboxylic acids is 1. The number of nitrogens with zero attached hydrogens (tertiary/aromatic N) is 3. The third kappa shape index (κ3) is 5.81. The molecule has 0 radical (unpaired) electrons. The maximum atomic E-state index is 12.8. The maximum absolute atomic E-state index is 12.8. The molecule has 1 saturated heterocycles. The second kappa shape index (κ2) is 10.6. The molecule has 1 unspecified atom stereocenters. The maximum Gasteiger partial charge on any atom is 0.263 e. The molecule has 0 bridgehead atoms. The van der Waals surface area contributed by atoms with Crippen molar-refractivity contribution in [2.75, 3.05) is 24.5 Å². The molecule has 1 amide bonds. The van der Waals surface area contributed by atoms with Crippen LogP contribution in [0, 0.1) is 5.92 Å². The summed E-state index contributed by atoms with van der Waals surface area (Å²) in [4.78, 5) is 23.8. The first kappa shape index (κ1) is 20.8. The van der Waals surface area contributed by atoms with Crippen molar-refractivity contribution in [1.29, 1.82) is 0 Å². The molecule has 31 heavy (non-hydrogen) atoms. The third-order valence-corrected chi connectivity index (χ3v) is 5.48. The predicted molar refractivity (Wildman–Crippen MR) is 121 cm³/mol. The summed E-state index contributed by atoms with van der Waals surface area (Å²) in [6.45, 7) is 2.15. The molecule has 3 aromatic rings. The van der Waals surface area contributed by atoms with Crippen molar-refractivity contribution in [3.63, 3.8) is 0 Å². The molecular weight excluding hydrogens is 388 g/mol. The smallest absolute Gasteiger partial charge is 0.263 e. The van der Waals surface area contributed by atoms with E-state index in [1.54, 1.807) is 12.4 Å². The number of para-hydroxylation sites is 1. The number of benzene rings is 2. The van der Waals surface area contributed by atoms with Gasteiger partial charge in [-0.15, -0.1) is 0 Å². The van der Waals surface area contributed by atoms with Crippen LogP contribution in [0.3, 0.4) is 0 Å². The molecule has 1 aliphatic rings. The molecule has 0 saturated carbocycles. The van der Waals surface area contributed by atoms with Gasteiger partial charge < -0.3 is 15.0 Å². The monoisotopic (exact) mass is 416 g/mol. The number of ether oxygens (including phenoxy) is 1. The predicted octanol–water partition coefficient (Wildman–Crippen LogP) is 4.23. The SMILES string of the molecule is O=C(NCCCc1ccccc1)C1CCCN(c2nccnc2Oc2ccccc2)C1. The Morgan fingerprint density at radius 3 is 2.58 bits per heavy atom. The lowest BCUT2D eigenvalue weighted by molar-refractivity contribution is -0.125. The average molecular weight is 417 g/mol. The molecule has 1 fully saturated rings. The van der Waals surface area contributed by atoms with Crippen molar-refractivity contribution in [3.05, 3.63) is 78.6 Å². The minimum Gasteiger partial charge on any atom is -0.436 e. The zero-order valence-electron chi connectivity index (χ0n) is 17.6. The van der Waals surface area contributed by atoms with Crippen LogP contribution in [-0.2, 0) is 11.2 Å². The number of carbonyl (C=O) groups is 1. The van der Waals surface area contributed by atoms with Crippen LogP contribution in [0.5, 0.6) is 11.6 Å². The molecular formula is C25H28N4O2. The number of nitrogens with one attached hydrogen (secondary N) is 1. The van der Waals surface area contributed by atoms with Crippen LogP contribution in [0.2, 0.25) is 0 Å². The minimum atomic E-state index is -0.0583. The van der Waals surface area contributed by atoms with Gasteiger partial charge in [-0.2, -0.15) is 0 Å². The van der Waals surface area contributed by atoms with E-state index in [1.807, 2.05) is 48.5 Å². The summed E-state index contributed by atoms with van der Waals surface area (Å²) in [7, 11) is 0. The van der Waals surface area contributed by atoms with Crippen LogP contribution < -0.4 is 15.0 Å². The van der Waals surface area contributed by atoms with Crippen molar-refractivity contribution >= 4 is 11.7 Å². The van der Waals surface area contributed by atoms with Crippen LogP contribution in [-0.4, -0.2) is 35.5 Å². The highest BCUT2D eigenvalue weighted by atomic mass is 16.5. The topological polar surface area (TPSA) is 67.4 Å². The highest BCUT2D eigenvalue weighted by Crippen LogP contribution is 2.30. The standard InChI is InChI=1S/C25H28N4O2/c30-24(27-15-7-11-20-9-3-1-4-10-20)21-12-8-18-29(19-21)23-25(28-17-16-26-23)31-22-13-5-2-6-14-22/h1-6,9-10,13-14,16-17,21H,7-8,11-12,15,18-19H2,(H,27,30). The van der Waals surface area contributed by atoms with Crippen LogP contribution in [0.25, 0.3) is 0 Å².